The normalized spacial score (nSPS) is 9.74. The Balaban J connectivity index is 1.99. The van der Waals surface area contributed by atoms with E-state index in [1.54, 1.807) is 24.3 Å². The highest BCUT2D eigenvalue weighted by Gasteiger charge is 2.10. The molecule has 19 heavy (non-hydrogen) atoms. The topological polar surface area (TPSA) is 122 Å². The van der Waals surface area contributed by atoms with Crippen LogP contribution < -0.4 is 10.6 Å². The number of aromatic nitrogens is 4. The Morgan fingerprint density at radius 2 is 1.79 bits per heavy atom. The third kappa shape index (κ3) is 3.25. The van der Waals surface area contributed by atoms with E-state index in [1.807, 2.05) is 0 Å². The van der Waals surface area contributed by atoms with Crippen LogP contribution in [0.2, 0.25) is 0 Å². The number of H-pyrrole nitrogens is 1. The first-order valence-corrected chi connectivity index (χ1v) is 5.19. The molecular formula is C10H10N6O3. The molecule has 0 fully saturated rings. The third-order valence-electron chi connectivity index (χ3n) is 2.12. The summed E-state index contributed by atoms with van der Waals surface area (Å²) in [6.07, 6.45) is -0.566. The minimum atomic E-state index is -0.566. The molecule has 1 aromatic carbocycles. The summed E-state index contributed by atoms with van der Waals surface area (Å²) in [7, 11) is 1.27. The zero-order valence-corrected chi connectivity index (χ0v) is 9.88. The summed E-state index contributed by atoms with van der Waals surface area (Å²) in [6.45, 7) is 0. The lowest BCUT2D eigenvalue weighted by molar-refractivity contribution is 0.101. The molecule has 0 aliphatic carbocycles. The fourth-order valence-corrected chi connectivity index (χ4v) is 1.25. The number of carbonyl (C=O) groups is 2. The summed E-state index contributed by atoms with van der Waals surface area (Å²) in [5.41, 5.74) is 1.08. The molecule has 0 atom stereocenters. The first-order chi connectivity index (χ1) is 9.19. The highest BCUT2D eigenvalue weighted by Crippen LogP contribution is 2.14. The summed E-state index contributed by atoms with van der Waals surface area (Å²) in [5, 5.41) is 17.6. The predicted molar refractivity (Wildman–Crippen MR) is 64.6 cm³/mol. The molecule has 1 heterocycles. The highest BCUT2D eigenvalue weighted by molar-refractivity contribution is 6.01. The number of nitrogens with one attached hydrogen (secondary N) is 3. The van der Waals surface area contributed by atoms with Crippen LogP contribution >= 0.6 is 0 Å². The quantitative estimate of drug-likeness (QED) is 0.745. The van der Waals surface area contributed by atoms with Crippen LogP contribution in [0.4, 0.5) is 16.2 Å². The maximum absolute atomic E-state index is 11.6. The average Bonchev–Trinajstić information content (AvgIpc) is 2.95. The fraction of sp³-hybridized carbons (Fsp3) is 0.100. The van der Waals surface area contributed by atoms with Crippen molar-refractivity contribution in [2.24, 2.45) is 0 Å². The second-order valence-corrected chi connectivity index (χ2v) is 3.38. The largest absolute Gasteiger partial charge is 0.453 e. The van der Waals surface area contributed by atoms with Crippen molar-refractivity contribution < 1.29 is 14.3 Å². The lowest BCUT2D eigenvalue weighted by Crippen LogP contribution is -2.14. The molecule has 0 saturated carbocycles. The van der Waals surface area contributed by atoms with Gasteiger partial charge < -0.3 is 10.1 Å². The summed E-state index contributed by atoms with van der Waals surface area (Å²) < 4.78 is 4.45. The number of methoxy groups -OCH3 is 1. The second-order valence-electron chi connectivity index (χ2n) is 3.38. The molecule has 3 N–H and O–H groups in total. The molecule has 0 saturated heterocycles. The minimum absolute atomic E-state index is 0.0586. The number of amides is 2. The van der Waals surface area contributed by atoms with Gasteiger partial charge in [0.05, 0.1) is 7.11 Å². The fourth-order valence-electron chi connectivity index (χ4n) is 1.25. The van der Waals surface area contributed by atoms with E-state index in [4.69, 9.17) is 0 Å². The number of rotatable bonds is 3. The Kier molecular flexibility index (Phi) is 3.67. The van der Waals surface area contributed by atoms with E-state index < -0.39 is 12.0 Å². The second kappa shape index (κ2) is 5.58. The molecule has 2 aromatic rings. The van der Waals surface area contributed by atoms with Crippen molar-refractivity contribution in [2.45, 2.75) is 0 Å². The molecule has 9 heteroatoms. The molecule has 9 nitrogen and oxygen atoms in total. The van der Waals surface area contributed by atoms with Gasteiger partial charge in [0.25, 0.3) is 11.7 Å². The van der Waals surface area contributed by atoms with Gasteiger partial charge >= 0.3 is 6.09 Å². The van der Waals surface area contributed by atoms with Gasteiger partial charge in [0, 0.05) is 11.4 Å². The maximum Gasteiger partial charge on any atom is 0.411 e. The zero-order valence-electron chi connectivity index (χ0n) is 9.88. The van der Waals surface area contributed by atoms with Crippen LogP contribution in [-0.2, 0) is 4.74 Å². The maximum atomic E-state index is 11.6. The van der Waals surface area contributed by atoms with Crippen LogP contribution in [0.1, 0.15) is 10.6 Å². The van der Waals surface area contributed by atoms with E-state index in [9.17, 15) is 9.59 Å². The van der Waals surface area contributed by atoms with Crippen LogP contribution in [0.3, 0.4) is 0 Å². The molecule has 2 amide bonds. The van der Waals surface area contributed by atoms with Gasteiger partial charge in [-0.15, -0.1) is 10.2 Å². The molecule has 0 aliphatic rings. The van der Waals surface area contributed by atoms with Gasteiger partial charge in [0.1, 0.15) is 0 Å². The predicted octanol–water partition coefficient (Wildman–Crippen LogP) is 0.630. The molecule has 0 aliphatic heterocycles. The zero-order chi connectivity index (χ0) is 13.7. The highest BCUT2D eigenvalue weighted by atomic mass is 16.5. The number of benzene rings is 1. The molecule has 0 bridgehead atoms. The van der Waals surface area contributed by atoms with E-state index in [2.05, 4.69) is 36.0 Å². The molecule has 0 spiro atoms. The van der Waals surface area contributed by atoms with Gasteiger partial charge in [-0.05, 0) is 29.5 Å². The van der Waals surface area contributed by atoms with Crippen LogP contribution in [0.5, 0.6) is 0 Å². The van der Waals surface area contributed by atoms with Crippen LogP contribution in [0, 0.1) is 0 Å². The van der Waals surface area contributed by atoms with Crippen molar-refractivity contribution >= 4 is 23.4 Å². The van der Waals surface area contributed by atoms with Crippen molar-refractivity contribution in [3.63, 3.8) is 0 Å². The van der Waals surface area contributed by atoms with Crippen LogP contribution in [0.15, 0.2) is 24.3 Å². The molecule has 2 rings (SSSR count). The molecule has 0 unspecified atom stereocenters. The van der Waals surface area contributed by atoms with Gasteiger partial charge in [0.15, 0.2) is 0 Å². The molecule has 98 valence electrons. The lowest BCUT2D eigenvalue weighted by atomic mass is 10.3. The Bertz CT molecular complexity index is 565. The number of carbonyl (C=O) groups excluding carboxylic acids is 2. The van der Waals surface area contributed by atoms with Gasteiger partial charge in [-0.3, -0.25) is 10.1 Å². The molecule has 0 radical (unpaired) electrons. The van der Waals surface area contributed by atoms with Crippen LogP contribution in [0.25, 0.3) is 0 Å². The van der Waals surface area contributed by atoms with E-state index in [-0.39, 0.29) is 5.82 Å². The smallest absolute Gasteiger partial charge is 0.411 e. The minimum Gasteiger partial charge on any atom is -0.453 e. The molecular weight excluding hydrogens is 252 g/mol. The first kappa shape index (κ1) is 12.5. The Morgan fingerprint density at radius 1 is 1.16 bits per heavy atom. The molecule has 1 aromatic heterocycles. The third-order valence-corrected chi connectivity index (χ3v) is 2.12. The Morgan fingerprint density at radius 3 is 2.32 bits per heavy atom. The number of hydrogen-bond donors (Lipinski definition) is 3. The Labute approximate surface area is 107 Å². The average molecular weight is 262 g/mol. The van der Waals surface area contributed by atoms with Crippen LogP contribution in [-0.4, -0.2) is 39.7 Å². The number of aromatic amines is 1. The van der Waals surface area contributed by atoms with Gasteiger partial charge in [-0.2, -0.15) is 5.21 Å². The van der Waals surface area contributed by atoms with E-state index in [0.717, 1.165) is 0 Å². The number of nitrogens with zero attached hydrogens (tertiary/aromatic N) is 3. The van der Waals surface area contributed by atoms with Crippen molar-refractivity contribution in [3.05, 3.63) is 30.1 Å². The van der Waals surface area contributed by atoms with Gasteiger partial charge in [-0.25, -0.2) is 4.79 Å². The van der Waals surface area contributed by atoms with Gasteiger partial charge in [0.2, 0.25) is 0 Å². The summed E-state index contributed by atoms with van der Waals surface area (Å²) >= 11 is 0. The summed E-state index contributed by atoms with van der Waals surface area (Å²) in [4.78, 5) is 22.6. The number of tetrazole rings is 1. The summed E-state index contributed by atoms with van der Waals surface area (Å²) in [6, 6.07) is 6.46. The SMILES string of the molecule is COC(=O)Nc1ccc(NC(=O)c2nn[nH]n2)cc1. The van der Waals surface area contributed by atoms with Crippen molar-refractivity contribution in [1.82, 2.24) is 20.6 Å². The standard InChI is InChI=1S/C10H10N6O3/c1-19-10(18)12-7-4-2-6(3-5-7)11-9(17)8-13-15-16-14-8/h2-5H,1H3,(H,11,17)(H,12,18)(H,13,14,15,16). The number of hydrogen-bond acceptors (Lipinski definition) is 6. The van der Waals surface area contributed by atoms with Crippen molar-refractivity contribution in [3.8, 4) is 0 Å². The summed E-state index contributed by atoms with van der Waals surface area (Å²) in [5.74, 6) is -0.542. The van der Waals surface area contributed by atoms with Gasteiger partial charge in [-0.1, -0.05) is 0 Å². The van der Waals surface area contributed by atoms with Crippen molar-refractivity contribution in [1.29, 1.82) is 0 Å². The van der Waals surface area contributed by atoms with Crippen molar-refractivity contribution in [2.75, 3.05) is 17.7 Å². The van der Waals surface area contributed by atoms with E-state index in [1.165, 1.54) is 7.11 Å². The first-order valence-electron chi connectivity index (χ1n) is 5.19. The number of anilines is 2. The number of ether oxygens (including phenoxy) is 1. The lowest BCUT2D eigenvalue weighted by Gasteiger charge is -2.05. The van der Waals surface area contributed by atoms with E-state index >= 15 is 0 Å². The van der Waals surface area contributed by atoms with E-state index in [0.29, 0.717) is 11.4 Å². The monoisotopic (exact) mass is 262 g/mol. The Hall–Kier alpha value is -2.97.